The van der Waals surface area contributed by atoms with E-state index in [-0.39, 0.29) is 11.8 Å². The minimum Gasteiger partial charge on any atom is -0.367 e. The van der Waals surface area contributed by atoms with Crippen LogP contribution >= 0.6 is 11.8 Å². The molecule has 2 atom stereocenters. The topological polar surface area (TPSA) is 55.4 Å². The largest absolute Gasteiger partial charge is 0.367 e. The van der Waals surface area contributed by atoms with Crippen molar-refractivity contribution >= 4 is 22.8 Å². The van der Waals surface area contributed by atoms with Crippen molar-refractivity contribution in [3.05, 3.63) is 35.9 Å². The van der Waals surface area contributed by atoms with E-state index in [1.165, 1.54) is 7.11 Å². The zero-order valence-electron chi connectivity index (χ0n) is 13.7. The van der Waals surface area contributed by atoms with Crippen molar-refractivity contribution in [2.24, 2.45) is 0 Å². The van der Waals surface area contributed by atoms with Crippen molar-refractivity contribution in [1.82, 2.24) is 5.32 Å². The van der Waals surface area contributed by atoms with Gasteiger partial charge in [0.1, 0.15) is 0 Å². The molecule has 0 aliphatic carbocycles. The molecule has 1 amide bonds. The van der Waals surface area contributed by atoms with Crippen LogP contribution in [0.15, 0.2) is 30.3 Å². The molecule has 1 heterocycles. The van der Waals surface area contributed by atoms with Gasteiger partial charge in [-0.25, -0.2) is 0 Å². The Bertz CT molecular complexity index is 582. The number of hydrogen-bond acceptors (Lipinski definition) is 4. The number of ether oxygens (including phenoxy) is 1. The molecule has 0 aromatic heterocycles. The zero-order chi connectivity index (χ0) is 16.5. The fourth-order valence-corrected chi connectivity index (χ4v) is 2.10. The molecule has 2 rings (SSSR count). The summed E-state index contributed by atoms with van der Waals surface area (Å²) < 4.78 is 35.8. The maximum Gasteiger partial charge on any atom is 0.254 e. The average Bonchev–Trinajstić information content (AvgIpc) is 2.59. The fourth-order valence-electron chi connectivity index (χ4n) is 1.59. The van der Waals surface area contributed by atoms with Gasteiger partial charge in [0, 0.05) is 18.3 Å². The molecule has 1 aromatic rings. The van der Waals surface area contributed by atoms with Gasteiger partial charge in [-0.15, -0.1) is 0 Å². The Labute approximate surface area is 116 Å². The second-order valence-electron chi connectivity index (χ2n) is 3.64. The van der Waals surface area contributed by atoms with E-state index in [1.807, 2.05) is 0 Å². The number of thioether (sulfide) groups is 1. The normalized spacial score (nSPS) is 29.6. The summed E-state index contributed by atoms with van der Waals surface area (Å²) in [6.07, 6.45) is -3.50. The van der Waals surface area contributed by atoms with Gasteiger partial charge in [-0.3, -0.25) is 9.59 Å². The highest BCUT2D eigenvalue weighted by molar-refractivity contribution is 8.14. The number of hydrogen-bond donors (Lipinski definition) is 1. The number of amides is 1. The summed E-state index contributed by atoms with van der Waals surface area (Å²) in [6, 6.07) is 7.02. The Morgan fingerprint density at radius 1 is 1.56 bits per heavy atom. The smallest absolute Gasteiger partial charge is 0.254 e. The summed E-state index contributed by atoms with van der Waals surface area (Å²) in [5.41, 5.74) is -1.83. The quantitative estimate of drug-likeness (QED) is 0.900. The predicted octanol–water partition coefficient (Wildman–Crippen LogP) is 1.52. The molecule has 4 nitrogen and oxygen atoms in total. The molecule has 1 aromatic carbocycles. The molecular formula is C13H15NO3S. The van der Waals surface area contributed by atoms with Gasteiger partial charge in [-0.2, -0.15) is 0 Å². The second kappa shape index (κ2) is 6.02. The molecule has 96 valence electrons. The van der Waals surface area contributed by atoms with Gasteiger partial charge in [-0.1, -0.05) is 42.1 Å². The van der Waals surface area contributed by atoms with E-state index >= 15 is 0 Å². The predicted molar refractivity (Wildman–Crippen MR) is 70.2 cm³/mol. The number of carbonyl (C=O) groups excluding carboxylic acids is 2. The van der Waals surface area contributed by atoms with Gasteiger partial charge in [0.05, 0.1) is 6.04 Å². The molecular weight excluding hydrogens is 250 g/mol. The van der Waals surface area contributed by atoms with Crippen LogP contribution in [0.1, 0.15) is 23.5 Å². The lowest BCUT2D eigenvalue weighted by molar-refractivity contribution is -0.133. The molecule has 0 unspecified atom stereocenters. The third-order valence-electron chi connectivity index (χ3n) is 2.45. The molecule has 0 radical (unpaired) electrons. The van der Waals surface area contributed by atoms with Crippen molar-refractivity contribution in [1.29, 1.82) is 0 Å². The van der Waals surface area contributed by atoms with Crippen molar-refractivity contribution in [2.75, 3.05) is 12.8 Å². The van der Waals surface area contributed by atoms with Crippen LogP contribution in [0.5, 0.6) is 0 Å². The number of nitrogens with one attached hydrogen (secondary N) is 1. The third kappa shape index (κ3) is 2.91. The lowest BCUT2D eigenvalue weighted by atomic mass is 10.1. The minimum absolute atomic E-state index is 0.259. The maximum atomic E-state index is 12.3. The number of methoxy groups -OCH3 is 1. The first kappa shape index (κ1) is 8.72. The van der Waals surface area contributed by atoms with E-state index in [0.29, 0.717) is 5.56 Å². The molecule has 18 heavy (non-hydrogen) atoms. The van der Waals surface area contributed by atoms with Crippen LogP contribution in [0.4, 0.5) is 0 Å². The zero-order valence-corrected chi connectivity index (χ0v) is 10.5. The molecule has 5 heteroatoms. The van der Waals surface area contributed by atoms with Gasteiger partial charge >= 0.3 is 0 Å². The molecule has 0 spiro atoms. The van der Waals surface area contributed by atoms with E-state index in [9.17, 15) is 9.59 Å². The Morgan fingerprint density at radius 2 is 2.28 bits per heavy atom. The third-order valence-corrected chi connectivity index (χ3v) is 3.11. The Hall–Kier alpha value is -1.33. The Kier molecular flexibility index (Phi) is 2.91. The summed E-state index contributed by atoms with van der Waals surface area (Å²) in [4.78, 5) is 24.1. The van der Waals surface area contributed by atoms with Crippen LogP contribution in [-0.4, -0.2) is 29.9 Å². The first-order valence-corrected chi connectivity index (χ1v) is 6.13. The van der Waals surface area contributed by atoms with E-state index < -0.39 is 35.2 Å². The van der Waals surface area contributed by atoms with E-state index in [4.69, 9.17) is 10.2 Å². The molecule has 0 bridgehead atoms. The number of benzene rings is 1. The van der Waals surface area contributed by atoms with E-state index in [1.54, 1.807) is 30.3 Å². The number of rotatable bonds is 4. The van der Waals surface area contributed by atoms with Crippen LogP contribution in [0, 0.1) is 0 Å². The van der Waals surface area contributed by atoms with Crippen LogP contribution < -0.4 is 5.32 Å². The first-order valence-electron chi connectivity index (χ1n) is 7.31. The van der Waals surface area contributed by atoms with Gasteiger partial charge < -0.3 is 10.1 Å². The van der Waals surface area contributed by atoms with Crippen molar-refractivity contribution < 1.29 is 19.8 Å². The summed E-state index contributed by atoms with van der Waals surface area (Å²) in [7, 11) is 1.33. The molecule has 1 saturated heterocycles. The summed E-state index contributed by atoms with van der Waals surface area (Å²) in [5.74, 6) is -0.686. The van der Waals surface area contributed by atoms with Crippen molar-refractivity contribution in [3.63, 3.8) is 0 Å². The highest BCUT2D eigenvalue weighted by atomic mass is 32.2. The van der Waals surface area contributed by atoms with Crippen LogP contribution in [-0.2, 0) is 14.3 Å². The van der Waals surface area contributed by atoms with Gasteiger partial charge in [0.25, 0.3) is 5.91 Å². The van der Waals surface area contributed by atoms with Crippen molar-refractivity contribution in [2.45, 2.75) is 18.5 Å². The fraction of sp³-hybridized carbons (Fsp3) is 0.385. The minimum atomic E-state index is -2.50. The van der Waals surface area contributed by atoms with E-state index in [2.05, 4.69) is 5.32 Å². The lowest BCUT2D eigenvalue weighted by Crippen LogP contribution is -2.40. The maximum absolute atomic E-state index is 12.3. The SMILES string of the molecule is [2H]C1([2H])SC(=O)[C@@H](NC(=O)[C@@H](OC)c2ccccc2)C1([2H])[2H]. The summed E-state index contributed by atoms with van der Waals surface area (Å²) in [6.45, 7) is 0. The van der Waals surface area contributed by atoms with Crippen molar-refractivity contribution in [3.8, 4) is 0 Å². The lowest BCUT2D eigenvalue weighted by Gasteiger charge is -2.17. The van der Waals surface area contributed by atoms with Crippen LogP contribution in [0.3, 0.4) is 0 Å². The Morgan fingerprint density at radius 3 is 2.83 bits per heavy atom. The molecule has 0 saturated carbocycles. The molecule has 1 aliphatic rings. The first-order chi connectivity index (χ1) is 10.2. The molecule has 1 N–H and O–H groups in total. The van der Waals surface area contributed by atoms with Gasteiger partial charge in [0.2, 0.25) is 5.12 Å². The van der Waals surface area contributed by atoms with E-state index in [0.717, 1.165) is 0 Å². The monoisotopic (exact) mass is 269 g/mol. The Balaban J connectivity index is 2.19. The standard InChI is InChI=1S/C13H15NO3S/c1-17-11(9-5-3-2-4-6-9)12(15)14-10-7-8-18-13(10)16/h2-6,10-11H,7-8H2,1H3,(H,14,15)/t10-,11-/m0/s1/i7D2,8D2. The van der Waals surface area contributed by atoms with Gasteiger partial charge in [-0.05, 0) is 11.9 Å². The average molecular weight is 269 g/mol. The summed E-state index contributed by atoms with van der Waals surface area (Å²) >= 11 is 0.259. The second-order valence-corrected chi connectivity index (χ2v) is 4.45. The summed E-state index contributed by atoms with van der Waals surface area (Å²) in [5, 5.41) is 1.53. The van der Waals surface area contributed by atoms with Gasteiger partial charge in [0.15, 0.2) is 6.10 Å². The highest BCUT2D eigenvalue weighted by Crippen LogP contribution is 2.22. The highest BCUT2D eigenvalue weighted by Gasteiger charge is 2.29. The molecule has 1 fully saturated rings. The molecule has 1 aliphatic heterocycles. The number of carbonyl (C=O) groups is 2. The van der Waals surface area contributed by atoms with Crippen LogP contribution in [0.2, 0.25) is 0 Å². The van der Waals surface area contributed by atoms with Crippen LogP contribution in [0.25, 0.3) is 0 Å².